The van der Waals surface area contributed by atoms with Crippen LogP contribution in [-0.2, 0) is 21.3 Å². The van der Waals surface area contributed by atoms with Crippen molar-refractivity contribution in [2.24, 2.45) is 5.73 Å². The zero-order valence-corrected chi connectivity index (χ0v) is 11.8. The van der Waals surface area contributed by atoms with E-state index in [0.717, 1.165) is 18.4 Å². The smallest absolute Gasteiger partial charge is 0.240 e. The molecule has 0 bridgehead atoms. The van der Waals surface area contributed by atoms with Gasteiger partial charge in [0.25, 0.3) is 0 Å². The van der Waals surface area contributed by atoms with Crippen LogP contribution in [0.2, 0.25) is 0 Å². The predicted octanol–water partition coefficient (Wildman–Crippen LogP) is 0.991. The molecule has 1 saturated carbocycles. The van der Waals surface area contributed by atoms with Crippen molar-refractivity contribution in [1.29, 1.82) is 0 Å². The third-order valence-corrected chi connectivity index (χ3v) is 4.78. The molecule has 5 nitrogen and oxygen atoms in total. The summed E-state index contributed by atoms with van der Waals surface area (Å²) in [5.74, 6) is 0. The lowest BCUT2D eigenvalue weighted by atomic mass is 9.90. The van der Waals surface area contributed by atoms with Gasteiger partial charge in [0, 0.05) is 19.2 Å². The van der Waals surface area contributed by atoms with Crippen LogP contribution in [0.25, 0.3) is 0 Å². The van der Waals surface area contributed by atoms with Crippen molar-refractivity contribution in [3.8, 4) is 0 Å². The fourth-order valence-electron chi connectivity index (χ4n) is 2.16. The molecule has 0 aromatic heterocycles. The van der Waals surface area contributed by atoms with Gasteiger partial charge in [-0.15, -0.1) is 0 Å². The largest absolute Gasteiger partial charge is 0.378 e. The minimum atomic E-state index is -3.45. The van der Waals surface area contributed by atoms with Crippen molar-refractivity contribution in [2.45, 2.75) is 43.4 Å². The Labute approximate surface area is 114 Å². The van der Waals surface area contributed by atoms with Crippen LogP contribution in [0, 0.1) is 0 Å². The summed E-state index contributed by atoms with van der Waals surface area (Å²) in [6, 6.07) is 6.69. The lowest BCUT2D eigenvalue weighted by molar-refractivity contribution is -0.00475. The van der Waals surface area contributed by atoms with Crippen molar-refractivity contribution in [2.75, 3.05) is 6.61 Å². The van der Waals surface area contributed by atoms with Crippen molar-refractivity contribution >= 4 is 10.0 Å². The lowest BCUT2D eigenvalue weighted by Gasteiger charge is -2.35. The summed E-state index contributed by atoms with van der Waals surface area (Å²) in [6.45, 7) is 2.94. The molecule has 1 aromatic carbocycles. The molecule has 0 amide bonds. The first kappa shape index (κ1) is 14.5. The molecule has 6 heteroatoms. The molecule has 1 fully saturated rings. The SMILES string of the molecule is CCOC1CC(NS(=O)(=O)c2cccc(CN)c2)C1. The molecule has 106 valence electrons. The van der Waals surface area contributed by atoms with Crippen molar-refractivity contribution in [3.05, 3.63) is 29.8 Å². The highest BCUT2D eigenvalue weighted by Crippen LogP contribution is 2.25. The van der Waals surface area contributed by atoms with E-state index in [1.807, 2.05) is 13.0 Å². The van der Waals surface area contributed by atoms with Gasteiger partial charge in [-0.25, -0.2) is 13.1 Å². The van der Waals surface area contributed by atoms with E-state index in [4.69, 9.17) is 10.5 Å². The van der Waals surface area contributed by atoms with Crippen LogP contribution in [0.4, 0.5) is 0 Å². The number of hydrogen-bond donors (Lipinski definition) is 2. The number of rotatable bonds is 6. The highest BCUT2D eigenvalue weighted by atomic mass is 32.2. The Morgan fingerprint density at radius 2 is 2.16 bits per heavy atom. The summed E-state index contributed by atoms with van der Waals surface area (Å²) in [7, 11) is -3.45. The van der Waals surface area contributed by atoms with Gasteiger partial charge in [-0.05, 0) is 37.5 Å². The van der Waals surface area contributed by atoms with Gasteiger partial charge in [0.05, 0.1) is 11.0 Å². The van der Waals surface area contributed by atoms with E-state index in [1.165, 1.54) is 0 Å². The normalized spacial score (nSPS) is 23.1. The molecule has 0 aliphatic heterocycles. The van der Waals surface area contributed by atoms with E-state index in [1.54, 1.807) is 18.2 Å². The Bertz CT molecular complexity index is 524. The van der Waals surface area contributed by atoms with Crippen molar-refractivity contribution < 1.29 is 13.2 Å². The molecule has 0 heterocycles. The van der Waals surface area contributed by atoms with Gasteiger partial charge in [0.15, 0.2) is 0 Å². The molecule has 2 rings (SSSR count). The summed E-state index contributed by atoms with van der Waals surface area (Å²) in [5, 5.41) is 0. The van der Waals surface area contributed by atoms with E-state index in [-0.39, 0.29) is 17.0 Å². The number of sulfonamides is 1. The maximum atomic E-state index is 12.2. The fraction of sp³-hybridized carbons (Fsp3) is 0.538. The average molecular weight is 284 g/mol. The standard InChI is InChI=1S/C13H20N2O3S/c1-2-18-12-7-11(8-12)15-19(16,17)13-5-3-4-10(6-13)9-14/h3-6,11-12,15H,2,7-9,14H2,1H3. The number of ether oxygens (including phenoxy) is 1. The summed E-state index contributed by atoms with van der Waals surface area (Å²) in [6.07, 6.45) is 1.67. The Morgan fingerprint density at radius 3 is 2.79 bits per heavy atom. The molecular weight excluding hydrogens is 264 g/mol. The van der Waals surface area contributed by atoms with Crippen LogP contribution in [-0.4, -0.2) is 27.2 Å². The monoisotopic (exact) mass is 284 g/mol. The molecule has 0 spiro atoms. The van der Waals surface area contributed by atoms with Gasteiger partial charge >= 0.3 is 0 Å². The number of benzene rings is 1. The number of hydrogen-bond acceptors (Lipinski definition) is 4. The van der Waals surface area contributed by atoms with Gasteiger partial charge in [0.2, 0.25) is 10.0 Å². The Hall–Kier alpha value is -0.950. The maximum absolute atomic E-state index is 12.2. The highest BCUT2D eigenvalue weighted by Gasteiger charge is 2.33. The number of nitrogens with one attached hydrogen (secondary N) is 1. The quantitative estimate of drug-likeness (QED) is 0.816. The van der Waals surface area contributed by atoms with Crippen LogP contribution in [0.3, 0.4) is 0 Å². The molecule has 1 aliphatic carbocycles. The summed E-state index contributed by atoms with van der Waals surface area (Å²) in [4.78, 5) is 0.273. The minimum absolute atomic E-state index is 0.0249. The highest BCUT2D eigenvalue weighted by molar-refractivity contribution is 7.89. The van der Waals surface area contributed by atoms with E-state index in [2.05, 4.69) is 4.72 Å². The second-order valence-electron chi connectivity index (χ2n) is 4.72. The van der Waals surface area contributed by atoms with Gasteiger partial charge < -0.3 is 10.5 Å². The Morgan fingerprint density at radius 1 is 1.42 bits per heavy atom. The van der Waals surface area contributed by atoms with Crippen LogP contribution < -0.4 is 10.5 Å². The fourth-order valence-corrected chi connectivity index (χ4v) is 3.49. The van der Waals surface area contributed by atoms with Crippen LogP contribution in [0.1, 0.15) is 25.3 Å². The second kappa shape index (κ2) is 6.00. The number of nitrogens with two attached hydrogens (primary N) is 1. The third kappa shape index (κ3) is 3.54. The van der Waals surface area contributed by atoms with Crippen molar-refractivity contribution in [3.63, 3.8) is 0 Å². The van der Waals surface area contributed by atoms with Crippen LogP contribution in [0.15, 0.2) is 29.2 Å². The minimum Gasteiger partial charge on any atom is -0.378 e. The molecule has 3 N–H and O–H groups in total. The summed E-state index contributed by atoms with van der Waals surface area (Å²) < 4.78 is 32.5. The molecule has 0 radical (unpaired) electrons. The Kier molecular flexibility index (Phi) is 4.57. The zero-order chi connectivity index (χ0) is 13.9. The zero-order valence-electron chi connectivity index (χ0n) is 11.0. The van der Waals surface area contributed by atoms with E-state index in [9.17, 15) is 8.42 Å². The molecule has 0 atom stereocenters. The van der Waals surface area contributed by atoms with Gasteiger partial charge in [-0.1, -0.05) is 12.1 Å². The first-order valence-corrected chi connectivity index (χ1v) is 7.96. The third-order valence-electron chi connectivity index (χ3n) is 3.26. The van der Waals surface area contributed by atoms with Gasteiger partial charge in [-0.3, -0.25) is 0 Å². The maximum Gasteiger partial charge on any atom is 0.240 e. The van der Waals surface area contributed by atoms with Gasteiger partial charge in [-0.2, -0.15) is 0 Å². The molecule has 1 aliphatic rings. The predicted molar refractivity (Wildman–Crippen MR) is 73.1 cm³/mol. The van der Waals surface area contributed by atoms with Crippen molar-refractivity contribution in [1.82, 2.24) is 4.72 Å². The first-order valence-electron chi connectivity index (χ1n) is 6.48. The second-order valence-corrected chi connectivity index (χ2v) is 6.43. The first-order chi connectivity index (χ1) is 9.05. The molecule has 19 heavy (non-hydrogen) atoms. The summed E-state index contributed by atoms with van der Waals surface area (Å²) >= 11 is 0. The van der Waals surface area contributed by atoms with Crippen LogP contribution >= 0.6 is 0 Å². The molecular formula is C13H20N2O3S. The van der Waals surface area contributed by atoms with E-state index in [0.29, 0.717) is 13.2 Å². The Balaban J connectivity index is 1.99. The van der Waals surface area contributed by atoms with Gasteiger partial charge in [0.1, 0.15) is 0 Å². The molecule has 1 aromatic rings. The molecule has 0 unspecified atom stereocenters. The summed E-state index contributed by atoms with van der Waals surface area (Å²) in [5.41, 5.74) is 6.33. The van der Waals surface area contributed by atoms with E-state index < -0.39 is 10.0 Å². The van der Waals surface area contributed by atoms with Crippen LogP contribution in [0.5, 0.6) is 0 Å². The average Bonchev–Trinajstić information content (AvgIpc) is 2.36. The topological polar surface area (TPSA) is 81.4 Å². The lowest BCUT2D eigenvalue weighted by Crippen LogP contribution is -2.47. The molecule has 0 saturated heterocycles. The van der Waals surface area contributed by atoms with E-state index >= 15 is 0 Å².